The molecule has 1 unspecified atom stereocenters. The number of morpholine rings is 1. The SMILES string of the molecule is C[C@H]1[CH-]OC(Oc2ccc(N3CCOCC3)cc2)C1.[Cs+]. The molecule has 2 heterocycles. The molecule has 0 aromatic heterocycles. The molecule has 1 aromatic carbocycles. The average molecular weight is 395 g/mol. The van der Waals surface area contributed by atoms with Crippen molar-refractivity contribution in [3.8, 4) is 5.75 Å². The minimum absolute atomic E-state index is 0. The van der Waals surface area contributed by atoms with Crippen molar-refractivity contribution in [1.82, 2.24) is 0 Å². The van der Waals surface area contributed by atoms with Gasteiger partial charge in [0, 0.05) is 18.8 Å². The number of ether oxygens (including phenoxy) is 3. The van der Waals surface area contributed by atoms with Crippen LogP contribution >= 0.6 is 0 Å². The monoisotopic (exact) mass is 395 g/mol. The van der Waals surface area contributed by atoms with Crippen LogP contribution in [0.15, 0.2) is 24.3 Å². The second-order valence-electron chi connectivity index (χ2n) is 5.13. The minimum Gasteiger partial charge on any atom is -0.520 e. The number of nitrogens with zero attached hydrogens (tertiary/aromatic N) is 1. The van der Waals surface area contributed by atoms with Crippen LogP contribution in [0.25, 0.3) is 0 Å². The molecule has 0 aliphatic carbocycles. The van der Waals surface area contributed by atoms with Crippen LogP contribution < -0.4 is 78.5 Å². The third kappa shape index (κ3) is 4.64. The molecule has 0 N–H and O–H groups in total. The third-order valence-corrected chi connectivity index (χ3v) is 3.51. The van der Waals surface area contributed by atoms with E-state index >= 15 is 0 Å². The Morgan fingerprint density at radius 2 is 1.90 bits per heavy atom. The van der Waals surface area contributed by atoms with E-state index < -0.39 is 0 Å². The van der Waals surface area contributed by atoms with Gasteiger partial charge in [0.15, 0.2) is 6.29 Å². The fourth-order valence-electron chi connectivity index (χ4n) is 2.42. The molecule has 20 heavy (non-hydrogen) atoms. The number of rotatable bonds is 3. The van der Waals surface area contributed by atoms with Gasteiger partial charge in [-0.1, -0.05) is 6.92 Å². The Labute approximate surface area is 179 Å². The average Bonchev–Trinajstić information content (AvgIpc) is 2.86. The molecule has 1 aromatic rings. The van der Waals surface area contributed by atoms with Crippen molar-refractivity contribution in [2.45, 2.75) is 19.6 Å². The summed E-state index contributed by atoms with van der Waals surface area (Å²) >= 11 is 0. The van der Waals surface area contributed by atoms with Crippen LogP contribution in [0.5, 0.6) is 5.75 Å². The maximum atomic E-state index is 5.79. The quantitative estimate of drug-likeness (QED) is 0.643. The predicted molar refractivity (Wildman–Crippen MR) is 73.1 cm³/mol. The van der Waals surface area contributed by atoms with Gasteiger partial charge in [-0.25, -0.2) is 6.61 Å². The van der Waals surface area contributed by atoms with Gasteiger partial charge in [0.05, 0.1) is 13.2 Å². The van der Waals surface area contributed by atoms with Gasteiger partial charge in [0.1, 0.15) is 5.75 Å². The summed E-state index contributed by atoms with van der Waals surface area (Å²) in [6, 6.07) is 8.22. The van der Waals surface area contributed by atoms with E-state index in [4.69, 9.17) is 14.2 Å². The van der Waals surface area contributed by atoms with Gasteiger partial charge in [-0.2, -0.15) is 0 Å². The third-order valence-electron chi connectivity index (χ3n) is 3.51. The molecule has 0 spiro atoms. The van der Waals surface area contributed by atoms with E-state index in [0.717, 1.165) is 38.5 Å². The second kappa shape index (κ2) is 8.43. The minimum atomic E-state index is -0.135. The van der Waals surface area contributed by atoms with E-state index in [-0.39, 0.29) is 75.2 Å². The van der Waals surface area contributed by atoms with Crippen molar-refractivity contribution in [3.05, 3.63) is 30.9 Å². The summed E-state index contributed by atoms with van der Waals surface area (Å²) < 4.78 is 16.6. The van der Waals surface area contributed by atoms with Gasteiger partial charge < -0.3 is 19.1 Å². The van der Waals surface area contributed by atoms with Crippen molar-refractivity contribution in [2.75, 3.05) is 31.2 Å². The van der Waals surface area contributed by atoms with E-state index in [2.05, 4.69) is 24.0 Å². The first-order chi connectivity index (χ1) is 9.31. The molecule has 0 saturated carbocycles. The van der Waals surface area contributed by atoms with E-state index in [1.54, 1.807) is 0 Å². The second-order valence-corrected chi connectivity index (χ2v) is 5.13. The molecular weight excluding hydrogens is 375 g/mol. The zero-order valence-electron chi connectivity index (χ0n) is 12.2. The predicted octanol–water partition coefficient (Wildman–Crippen LogP) is -0.550. The van der Waals surface area contributed by atoms with Crippen LogP contribution in [0.4, 0.5) is 5.69 Å². The van der Waals surface area contributed by atoms with Crippen molar-refractivity contribution >= 4 is 5.69 Å². The number of anilines is 1. The summed E-state index contributed by atoms with van der Waals surface area (Å²) in [6.45, 7) is 7.51. The Morgan fingerprint density at radius 3 is 2.50 bits per heavy atom. The van der Waals surface area contributed by atoms with Gasteiger partial charge in [-0.3, -0.25) is 0 Å². The molecule has 0 bridgehead atoms. The van der Waals surface area contributed by atoms with Crippen LogP contribution in [0.1, 0.15) is 13.3 Å². The largest absolute Gasteiger partial charge is 1.00 e. The first-order valence-electron chi connectivity index (χ1n) is 6.89. The van der Waals surface area contributed by atoms with E-state index in [0.29, 0.717) is 5.92 Å². The molecule has 2 atom stereocenters. The van der Waals surface area contributed by atoms with Gasteiger partial charge in [0.2, 0.25) is 0 Å². The van der Waals surface area contributed by atoms with Crippen LogP contribution in [-0.4, -0.2) is 32.6 Å². The summed E-state index contributed by atoms with van der Waals surface area (Å²) in [7, 11) is 0. The normalized spacial score (nSPS) is 26.1. The fourth-order valence-corrected chi connectivity index (χ4v) is 2.42. The Bertz CT molecular complexity index is 406. The Hall–Kier alpha value is 0.792. The molecule has 2 saturated heterocycles. The van der Waals surface area contributed by atoms with Crippen LogP contribution in [0.2, 0.25) is 0 Å². The Morgan fingerprint density at radius 1 is 1.20 bits per heavy atom. The fraction of sp³-hybridized carbons (Fsp3) is 0.533. The van der Waals surface area contributed by atoms with Crippen molar-refractivity contribution in [1.29, 1.82) is 0 Å². The van der Waals surface area contributed by atoms with E-state index in [9.17, 15) is 0 Å². The first kappa shape index (κ1) is 17.2. The maximum absolute atomic E-state index is 5.79. The molecule has 0 radical (unpaired) electrons. The van der Waals surface area contributed by atoms with Crippen molar-refractivity contribution in [2.24, 2.45) is 5.92 Å². The summed E-state index contributed by atoms with van der Waals surface area (Å²) in [4.78, 5) is 2.33. The van der Waals surface area contributed by atoms with E-state index in [1.807, 2.05) is 18.7 Å². The van der Waals surface area contributed by atoms with Gasteiger partial charge in [-0.15, -0.1) is 5.92 Å². The van der Waals surface area contributed by atoms with Gasteiger partial charge in [-0.05, 0) is 30.7 Å². The summed E-state index contributed by atoms with van der Waals surface area (Å²) in [5.41, 5.74) is 1.22. The molecule has 0 amide bonds. The molecular formula is C15H20CsNO3. The summed E-state index contributed by atoms with van der Waals surface area (Å²) in [5.74, 6) is 1.34. The summed E-state index contributed by atoms with van der Waals surface area (Å²) in [5, 5.41) is 0. The molecule has 2 aliphatic heterocycles. The van der Waals surface area contributed by atoms with E-state index in [1.165, 1.54) is 5.69 Å². The topological polar surface area (TPSA) is 30.9 Å². The smallest absolute Gasteiger partial charge is 0.520 e. The Kier molecular flexibility index (Phi) is 7.23. The maximum Gasteiger partial charge on any atom is 1.00 e. The van der Waals surface area contributed by atoms with Crippen LogP contribution in [-0.2, 0) is 9.47 Å². The van der Waals surface area contributed by atoms with Gasteiger partial charge in [0.25, 0.3) is 0 Å². The van der Waals surface area contributed by atoms with Gasteiger partial charge >= 0.3 is 68.9 Å². The molecule has 4 nitrogen and oxygen atoms in total. The van der Waals surface area contributed by atoms with Crippen molar-refractivity contribution in [3.63, 3.8) is 0 Å². The number of benzene rings is 1. The Balaban J connectivity index is 0.00000147. The molecule has 104 valence electrons. The van der Waals surface area contributed by atoms with Crippen LogP contribution in [0, 0.1) is 12.5 Å². The zero-order valence-corrected chi connectivity index (χ0v) is 18.5. The molecule has 2 fully saturated rings. The standard InChI is InChI=1S/C15H20NO3.Cs/c1-12-10-15(18-11-12)19-14-4-2-13(3-5-14)16-6-8-17-9-7-16;/h2-5,11-12,15H,6-10H2,1H3;/q-1;+1/t12-,15?;/m1./s1. The number of hydrogen-bond donors (Lipinski definition) is 0. The first-order valence-corrected chi connectivity index (χ1v) is 6.89. The number of hydrogen-bond acceptors (Lipinski definition) is 4. The van der Waals surface area contributed by atoms with Crippen LogP contribution in [0.3, 0.4) is 0 Å². The van der Waals surface area contributed by atoms with Crippen molar-refractivity contribution < 1.29 is 83.1 Å². The molecule has 2 aliphatic rings. The zero-order chi connectivity index (χ0) is 13.1. The molecule has 5 heteroatoms. The summed E-state index contributed by atoms with van der Waals surface area (Å²) in [6.07, 6.45) is 0.787. The molecule has 3 rings (SSSR count).